The van der Waals surface area contributed by atoms with Crippen molar-refractivity contribution in [2.75, 3.05) is 18.0 Å². The summed E-state index contributed by atoms with van der Waals surface area (Å²) < 4.78 is 5.87. The van der Waals surface area contributed by atoms with Crippen molar-refractivity contribution in [2.24, 2.45) is 16.1 Å². The van der Waals surface area contributed by atoms with Crippen molar-refractivity contribution in [2.45, 2.75) is 31.8 Å². The van der Waals surface area contributed by atoms with Gasteiger partial charge in [0.15, 0.2) is 10.9 Å². The summed E-state index contributed by atoms with van der Waals surface area (Å²) in [7, 11) is 0. The first kappa shape index (κ1) is 20.8. The highest BCUT2D eigenvalue weighted by atomic mass is 35.5. The molecule has 9 heteroatoms. The molecule has 1 fully saturated rings. The first-order valence-electron chi connectivity index (χ1n) is 11.0. The van der Waals surface area contributed by atoms with E-state index in [1.54, 1.807) is 12.3 Å². The first-order valence-corrected chi connectivity index (χ1v) is 11.8. The van der Waals surface area contributed by atoms with Gasteiger partial charge in [-0.15, -0.1) is 0 Å². The number of nitrogens with two attached hydrogens (primary N) is 1. The number of halogens is 2. The molecule has 1 atom stereocenters. The van der Waals surface area contributed by atoms with Gasteiger partial charge in [-0.3, -0.25) is 0 Å². The fourth-order valence-electron chi connectivity index (χ4n) is 5.23. The van der Waals surface area contributed by atoms with Crippen LogP contribution in [0.15, 0.2) is 47.7 Å². The number of hydrogen-bond acceptors (Lipinski definition) is 7. The number of rotatable bonds is 2. The van der Waals surface area contributed by atoms with Crippen molar-refractivity contribution in [3.63, 3.8) is 0 Å². The van der Waals surface area contributed by atoms with E-state index in [-0.39, 0.29) is 21.6 Å². The Kier molecular flexibility index (Phi) is 5.01. The lowest BCUT2D eigenvalue weighted by Gasteiger charge is -2.42. The summed E-state index contributed by atoms with van der Waals surface area (Å²) in [4.78, 5) is 20.2. The first-order chi connectivity index (χ1) is 16.0. The summed E-state index contributed by atoms with van der Waals surface area (Å²) >= 11 is 12.2. The van der Waals surface area contributed by atoms with Crippen LogP contribution in [0.1, 0.15) is 41.4 Å². The Morgan fingerprint density at radius 2 is 1.91 bits per heavy atom. The Hall–Kier alpha value is -2.74. The molecule has 2 aromatic heterocycles. The summed E-state index contributed by atoms with van der Waals surface area (Å²) in [5.74, 6) is 1.65. The van der Waals surface area contributed by atoms with Crippen LogP contribution in [0.4, 0.5) is 5.82 Å². The molecular formula is C24H22Cl2N6O. The molecular weight excluding hydrogens is 459 g/mol. The minimum Gasteiger partial charge on any atom is -0.435 e. The fraction of sp³-hybridized carbons (Fsp3) is 0.333. The molecule has 1 aromatic carbocycles. The van der Waals surface area contributed by atoms with E-state index in [1.807, 2.05) is 0 Å². The molecule has 1 aliphatic carbocycles. The van der Waals surface area contributed by atoms with Crippen molar-refractivity contribution >= 4 is 34.9 Å². The molecule has 0 unspecified atom stereocenters. The van der Waals surface area contributed by atoms with Crippen LogP contribution in [0.25, 0.3) is 0 Å². The molecule has 2 N–H and O–H groups in total. The number of aromatic nitrogens is 3. The molecule has 7 nitrogen and oxygen atoms in total. The second kappa shape index (κ2) is 7.94. The van der Waals surface area contributed by atoms with Gasteiger partial charge in [0.05, 0.1) is 18.4 Å². The summed E-state index contributed by atoms with van der Waals surface area (Å²) in [5.41, 5.74) is 11.0. The summed E-state index contributed by atoms with van der Waals surface area (Å²) in [5, 5.41) is 0.428. The highest BCUT2D eigenvalue weighted by molar-refractivity contribution is 6.42. The SMILES string of the molecule is N[C@@H]1c2ccccc2CC12CCN(c1cnc3c(n1)CN=C3Oc1ccnc(Cl)c1Cl)CC2. The molecule has 168 valence electrons. The predicted octanol–water partition coefficient (Wildman–Crippen LogP) is 4.36. The minimum atomic E-state index is 0.101. The van der Waals surface area contributed by atoms with Gasteiger partial charge in [-0.1, -0.05) is 47.5 Å². The molecule has 2 aliphatic heterocycles. The number of benzene rings is 1. The second-order valence-electron chi connectivity index (χ2n) is 8.86. The maximum atomic E-state index is 6.72. The summed E-state index contributed by atoms with van der Waals surface area (Å²) in [6.45, 7) is 2.23. The molecule has 0 amide bonds. The van der Waals surface area contributed by atoms with E-state index in [2.05, 4.69) is 44.1 Å². The van der Waals surface area contributed by atoms with Gasteiger partial charge in [0.2, 0.25) is 5.90 Å². The van der Waals surface area contributed by atoms with Crippen molar-refractivity contribution in [1.82, 2.24) is 15.0 Å². The maximum Gasteiger partial charge on any atom is 0.243 e. The molecule has 33 heavy (non-hydrogen) atoms. The van der Waals surface area contributed by atoms with Crippen LogP contribution in [0.3, 0.4) is 0 Å². The lowest BCUT2D eigenvalue weighted by molar-refractivity contribution is 0.187. The number of aliphatic imine (C=N–C) groups is 1. The smallest absolute Gasteiger partial charge is 0.243 e. The molecule has 1 saturated heterocycles. The van der Waals surface area contributed by atoms with Gasteiger partial charge in [0, 0.05) is 31.4 Å². The molecule has 4 heterocycles. The molecule has 1 spiro atoms. The average Bonchev–Trinajstić information content (AvgIpc) is 3.36. The Balaban J connectivity index is 1.16. The lowest BCUT2D eigenvalue weighted by Crippen LogP contribution is -2.44. The van der Waals surface area contributed by atoms with Crippen molar-refractivity contribution in [1.29, 1.82) is 0 Å². The maximum absolute atomic E-state index is 6.72. The number of piperidine rings is 1. The third-order valence-electron chi connectivity index (χ3n) is 7.10. The number of fused-ring (bicyclic) bond motifs is 2. The van der Waals surface area contributed by atoms with E-state index in [1.165, 1.54) is 17.3 Å². The largest absolute Gasteiger partial charge is 0.435 e. The second-order valence-corrected chi connectivity index (χ2v) is 9.60. The van der Waals surface area contributed by atoms with Gasteiger partial charge in [-0.2, -0.15) is 0 Å². The Labute approximate surface area is 201 Å². The van der Waals surface area contributed by atoms with Crippen LogP contribution in [-0.4, -0.2) is 33.9 Å². The highest BCUT2D eigenvalue weighted by Crippen LogP contribution is 2.50. The Morgan fingerprint density at radius 1 is 1.09 bits per heavy atom. The van der Waals surface area contributed by atoms with Crippen LogP contribution in [-0.2, 0) is 13.0 Å². The topological polar surface area (TPSA) is 89.5 Å². The van der Waals surface area contributed by atoms with Crippen molar-refractivity contribution in [3.8, 4) is 5.75 Å². The number of ether oxygens (including phenoxy) is 1. The quantitative estimate of drug-likeness (QED) is 0.548. The van der Waals surface area contributed by atoms with Crippen molar-refractivity contribution in [3.05, 3.63) is 75.4 Å². The van der Waals surface area contributed by atoms with E-state index >= 15 is 0 Å². The van der Waals surface area contributed by atoms with Gasteiger partial charge in [0.25, 0.3) is 0 Å². The van der Waals surface area contributed by atoms with Crippen LogP contribution < -0.4 is 15.4 Å². The molecule has 0 saturated carbocycles. The third-order valence-corrected chi connectivity index (χ3v) is 7.85. The zero-order chi connectivity index (χ0) is 22.6. The summed E-state index contributed by atoms with van der Waals surface area (Å²) in [6.07, 6.45) is 6.46. The predicted molar refractivity (Wildman–Crippen MR) is 128 cm³/mol. The van der Waals surface area contributed by atoms with Gasteiger partial charge in [0.1, 0.15) is 16.5 Å². The van der Waals surface area contributed by atoms with Crippen LogP contribution in [0.5, 0.6) is 5.75 Å². The van der Waals surface area contributed by atoms with Crippen LogP contribution in [0.2, 0.25) is 10.2 Å². The van der Waals surface area contributed by atoms with E-state index in [0.717, 1.165) is 43.9 Å². The zero-order valence-electron chi connectivity index (χ0n) is 17.8. The highest BCUT2D eigenvalue weighted by Gasteiger charge is 2.46. The average molecular weight is 481 g/mol. The standard InChI is InChI=1S/C24H22Cl2N6O/c25-19-17(5-8-28-22(19)26)33-23-20-16(12-30-23)31-18(13-29-20)32-9-6-24(7-10-32)11-14-3-1-2-4-15(14)21(24)27/h1-5,8,13,21H,6-7,9-12,27H2/t21-/m1/s1. The molecule has 6 rings (SSSR count). The van der Waals surface area contributed by atoms with Gasteiger partial charge in [-0.25, -0.2) is 19.9 Å². The number of nitrogens with zero attached hydrogens (tertiary/aromatic N) is 5. The van der Waals surface area contributed by atoms with E-state index in [4.69, 9.17) is 38.7 Å². The molecule has 3 aliphatic rings. The Morgan fingerprint density at radius 3 is 2.73 bits per heavy atom. The van der Waals surface area contributed by atoms with Crippen LogP contribution >= 0.6 is 23.2 Å². The summed E-state index contributed by atoms with van der Waals surface area (Å²) in [6, 6.07) is 10.3. The van der Waals surface area contributed by atoms with E-state index in [9.17, 15) is 0 Å². The Bertz CT molecular complexity index is 1270. The number of pyridine rings is 1. The van der Waals surface area contributed by atoms with Crippen molar-refractivity contribution < 1.29 is 4.74 Å². The lowest BCUT2D eigenvalue weighted by atomic mass is 9.73. The van der Waals surface area contributed by atoms with E-state index in [0.29, 0.717) is 23.9 Å². The van der Waals surface area contributed by atoms with Gasteiger partial charge < -0.3 is 15.4 Å². The normalized spacial score (nSPS) is 20.5. The van der Waals surface area contributed by atoms with Gasteiger partial charge in [-0.05, 0) is 35.8 Å². The molecule has 0 bridgehead atoms. The van der Waals surface area contributed by atoms with E-state index < -0.39 is 0 Å². The monoisotopic (exact) mass is 480 g/mol. The minimum absolute atomic E-state index is 0.101. The number of anilines is 1. The molecule has 3 aromatic rings. The zero-order valence-corrected chi connectivity index (χ0v) is 19.4. The third kappa shape index (κ3) is 3.46. The molecule has 0 radical (unpaired) electrons. The number of hydrogen-bond donors (Lipinski definition) is 1. The van der Waals surface area contributed by atoms with Gasteiger partial charge >= 0.3 is 0 Å². The fourth-order valence-corrected chi connectivity index (χ4v) is 5.53. The van der Waals surface area contributed by atoms with Crippen LogP contribution in [0, 0.1) is 5.41 Å².